The van der Waals surface area contributed by atoms with Gasteiger partial charge in [0, 0.05) is 20.2 Å². The molecule has 0 saturated carbocycles. The highest BCUT2D eigenvalue weighted by Crippen LogP contribution is 2.08. The third-order valence-electron chi connectivity index (χ3n) is 2.29. The molecule has 0 N–H and O–H groups in total. The molecule has 0 radical (unpaired) electrons. The van der Waals surface area contributed by atoms with Gasteiger partial charge in [-0.3, -0.25) is 0 Å². The van der Waals surface area contributed by atoms with E-state index in [1.807, 2.05) is 6.07 Å². The van der Waals surface area contributed by atoms with Crippen LogP contribution in [0, 0.1) is 17.2 Å². The van der Waals surface area contributed by atoms with E-state index in [0.29, 0.717) is 6.54 Å². The fourth-order valence-electron chi connectivity index (χ4n) is 1.26. The van der Waals surface area contributed by atoms with E-state index in [1.165, 1.54) is 11.4 Å². The molecule has 0 heterocycles. The Morgan fingerprint density at radius 3 is 2.38 bits per heavy atom. The maximum atomic E-state index is 11.9. The lowest BCUT2D eigenvalue weighted by atomic mass is 10.2. The first-order valence-corrected chi connectivity index (χ1v) is 6.88. The van der Waals surface area contributed by atoms with Gasteiger partial charge in [0.25, 0.3) is 0 Å². The van der Waals surface area contributed by atoms with Crippen LogP contribution in [0.2, 0.25) is 0 Å². The van der Waals surface area contributed by atoms with Crippen LogP contribution in [0.3, 0.4) is 0 Å². The van der Waals surface area contributed by atoms with Crippen molar-refractivity contribution in [2.45, 2.75) is 26.9 Å². The van der Waals surface area contributed by atoms with Crippen molar-refractivity contribution < 1.29 is 13.2 Å². The summed E-state index contributed by atoms with van der Waals surface area (Å²) in [6, 6.07) is 2.03. The molecule has 0 spiro atoms. The van der Waals surface area contributed by atoms with Gasteiger partial charge in [-0.1, -0.05) is 6.92 Å². The Bertz CT molecular complexity index is 334. The fourth-order valence-corrected chi connectivity index (χ4v) is 3.04. The lowest BCUT2D eigenvalue weighted by Gasteiger charge is -2.22. The standard InChI is InChI=1S/C10H20N2O3S/c1-5-12(7-9(2)6-11)16(13,14)8-10(3)15-4/h9-10H,5,7-8H2,1-4H3/t9-,10+/m1/s1. The predicted octanol–water partition coefficient (Wildman–Crippen LogP) is 0.833. The van der Waals surface area contributed by atoms with Crippen molar-refractivity contribution in [2.75, 3.05) is 26.0 Å². The Morgan fingerprint density at radius 2 is 2.00 bits per heavy atom. The van der Waals surface area contributed by atoms with Crippen molar-refractivity contribution in [3.8, 4) is 6.07 Å². The third kappa shape index (κ3) is 4.92. The maximum absolute atomic E-state index is 11.9. The van der Waals surface area contributed by atoms with Crippen LogP contribution in [0.4, 0.5) is 0 Å². The van der Waals surface area contributed by atoms with E-state index in [-0.39, 0.29) is 24.3 Å². The van der Waals surface area contributed by atoms with E-state index in [2.05, 4.69) is 0 Å². The smallest absolute Gasteiger partial charge is 0.216 e. The lowest BCUT2D eigenvalue weighted by Crippen LogP contribution is -2.38. The molecule has 0 aliphatic heterocycles. The van der Waals surface area contributed by atoms with Crippen molar-refractivity contribution in [3.63, 3.8) is 0 Å². The quantitative estimate of drug-likeness (QED) is 0.669. The van der Waals surface area contributed by atoms with Gasteiger partial charge in [-0.25, -0.2) is 12.7 Å². The molecule has 6 heteroatoms. The summed E-state index contributed by atoms with van der Waals surface area (Å²) in [5.74, 6) is -0.345. The summed E-state index contributed by atoms with van der Waals surface area (Å²) in [5, 5.41) is 8.68. The molecule has 0 bridgehead atoms. The monoisotopic (exact) mass is 248 g/mol. The van der Waals surface area contributed by atoms with Gasteiger partial charge in [0.2, 0.25) is 10.0 Å². The molecular weight excluding hydrogens is 228 g/mol. The lowest BCUT2D eigenvalue weighted by molar-refractivity contribution is 0.135. The molecule has 0 aromatic carbocycles. The van der Waals surface area contributed by atoms with Crippen LogP contribution in [-0.4, -0.2) is 44.8 Å². The van der Waals surface area contributed by atoms with Gasteiger partial charge in [-0.05, 0) is 13.8 Å². The number of nitrogens with zero attached hydrogens (tertiary/aromatic N) is 2. The van der Waals surface area contributed by atoms with Gasteiger partial charge in [0.15, 0.2) is 0 Å². The second kappa shape index (κ2) is 6.84. The first-order chi connectivity index (χ1) is 7.37. The molecule has 94 valence electrons. The number of hydrogen-bond donors (Lipinski definition) is 0. The molecule has 2 atom stereocenters. The highest BCUT2D eigenvalue weighted by Gasteiger charge is 2.24. The number of ether oxygens (including phenoxy) is 1. The summed E-state index contributed by atoms with van der Waals surface area (Å²) in [7, 11) is -1.85. The van der Waals surface area contributed by atoms with E-state index in [4.69, 9.17) is 10.00 Å². The molecule has 5 nitrogen and oxygen atoms in total. The van der Waals surface area contributed by atoms with Gasteiger partial charge in [0.05, 0.1) is 23.8 Å². The minimum absolute atomic E-state index is 0.0461. The second-order valence-electron chi connectivity index (χ2n) is 3.81. The third-order valence-corrected chi connectivity index (χ3v) is 4.38. The average molecular weight is 248 g/mol. The topological polar surface area (TPSA) is 70.4 Å². The summed E-state index contributed by atoms with van der Waals surface area (Å²) in [6.07, 6.45) is -0.337. The molecule has 0 saturated heterocycles. The number of methoxy groups -OCH3 is 1. The molecule has 0 aliphatic carbocycles. The van der Waals surface area contributed by atoms with Crippen molar-refractivity contribution in [2.24, 2.45) is 5.92 Å². The Hall–Kier alpha value is -0.640. The maximum Gasteiger partial charge on any atom is 0.216 e. The first kappa shape index (κ1) is 15.4. The highest BCUT2D eigenvalue weighted by molar-refractivity contribution is 7.89. The number of hydrogen-bond acceptors (Lipinski definition) is 4. The summed E-state index contributed by atoms with van der Waals surface area (Å²) >= 11 is 0. The minimum Gasteiger partial charge on any atom is -0.381 e. The van der Waals surface area contributed by atoms with Gasteiger partial charge >= 0.3 is 0 Å². The van der Waals surface area contributed by atoms with Crippen LogP contribution in [0.15, 0.2) is 0 Å². The number of sulfonamides is 1. The summed E-state index contributed by atoms with van der Waals surface area (Å²) in [6.45, 7) is 5.80. The average Bonchev–Trinajstić information content (AvgIpc) is 2.24. The molecule has 16 heavy (non-hydrogen) atoms. The highest BCUT2D eigenvalue weighted by atomic mass is 32.2. The molecule has 0 aliphatic rings. The number of nitriles is 1. The van der Waals surface area contributed by atoms with E-state index < -0.39 is 10.0 Å². The van der Waals surface area contributed by atoms with E-state index in [1.54, 1.807) is 20.8 Å². The van der Waals surface area contributed by atoms with Crippen molar-refractivity contribution in [1.82, 2.24) is 4.31 Å². The van der Waals surface area contributed by atoms with E-state index >= 15 is 0 Å². The Morgan fingerprint density at radius 1 is 1.44 bits per heavy atom. The molecule has 0 amide bonds. The predicted molar refractivity (Wildman–Crippen MR) is 62.3 cm³/mol. The number of rotatable bonds is 7. The van der Waals surface area contributed by atoms with Crippen LogP contribution in [0.5, 0.6) is 0 Å². The molecule has 0 fully saturated rings. The Balaban J connectivity index is 4.63. The zero-order valence-corrected chi connectivity index (χ0v) is 11.1. The van der Waals surface area contributed by atoms with Crippen molar-refractivity contribution >= 4 is 10.0 Å². The van der Waals surface area contributed by atoms with Crippen LogP contribution in [-0.2, 0) is 14.8 Å². The summed E-state index contributed by atoms with van der Waals surface area (Å²) in [4.78, 5) is 0. The van der Waals surface area contributed by atoms with E-state index in [0.717, 1.165) is 0 Å². The molecule has 0 unspecified atom stereocenters. The summed E-state index contributed by atoms with van der Waals surface area (Å²) in [5.41, 5.74) is 0. The molecule has 0 aromatic rings. The normalized spacial score (nSPS) is 15.8. The fraction of sp³-hybridized carbons (Fsp3) is 0.900. The van der Waals surface area contributed by atoms with Gasteiger partial charge in [-0.2, -0.15) is 5.26 Å². The SMILES string of the molecule is CCN(C[C@H](C)C#N)S(=O)(=O)C[C@H](C)OC. The van der Waals surface area contributed by atoms with Crippen LogP contribution < -0.4 is 0 Å². The van der Waals surface area contributed by atoms with Crippen molar-refractivity contribution in [1.29, 1.82) is 5.26 Å². The first-order valence-electron chi connectivity index (χ1n) is 5.27. The Kier molecular flexibility index (Phi) is 6.56. The van der Waals surface area contributed by atoms with E-state index in [9.17, 15) is 8.42 Å². The molecule has 0 aromatic heterocycles. The zero-order chi connectivity index (χ0) is 12.8. The minimum atomic E-state index is -3.33. The van der Waals surface area contributed by atoms with Gasteiger partial charge in [0.1, 0.15) is 0 Å². The van der Waals surface area contributed by atoms with Gasteiger partial charge < -0.3 is 4.74 Å². The van der Waals surface area contributed by atoms with Gasteiger partial charge in [-0.15, -0.1) is 0 Å². The molecular formula is C10H20N2O3S. The van der Waals surface area contributed by atoms with Crippen LogP contribution >= 0.6 is 0 Å². The van der Waals surface area contributed by atoms with Crippen molar-refractivity contribution in [3.05, 3.63) is 0 Å². The molecule has 0 rings (SSSR count). The van der Waals surface area contributed by atoms with Crippen LogP contribution in [0.1, 0.15) is 20.8 Å². The van der Waals surface area contributed by atoms with Crippen LogP contribution in [0.25, 0.3) is 0 Å². The second-order valence-corrected chi connectivity index (χ2v) is 5.82. The Labute approximate surface area is 98.1 Å². The zero-order valence-electron chi connectivity index (χ0n) is 10.3. The largest absolute Gasteiger partial charge is 0.381 e. The summed E-state index contributed by atoms with van der Waals surface area (Å²) < 4.78 is 30.1.